The molecule has 1 fully saturated rings. The fourth-order valence-corrected chi connectivity index (χ4v) is 4.72. The van der Waals surface area contributed by atoms with Gasteiger partial charge >= 0.3 is 0 Å². The summed E-state index contributed by atoms with van der Waals surface area (Å²) >= 11 is 0. The number of hydrogen-bond donors (Lipinski definition) is 0. The van der Waals surface area contributed by atoms with Crippen molar-refractivity contribution in [1.29, 1.82) is 0 Å². The van der Waals surface area contributed by atoms with Gasteiger partial charge < -0.3 is 14.2 Å². The van der Waals surface area contributed by atoms with Crippen LogP contribution in [-0.2, 0) is 10.0 Å². The first-order chi connectivity index (χ1) is 12.6. The number of piperidine rings is 1. The molecule has 6 nitrogen and oxygen atoms in total. The highest BCUT2D eigenvalue weighted by Crippen LogP contribution is 2.35. The second-order valence-corrected chi connectivity index (χ2v) is 8.42. The van der Waals surface area contributed by atoms with Gasteiger partial charge in [0.2, 0.25) is 16.8 Å². The molecular formula is C19H21NO5S. The average molecular weight is 375 g/mol. The number of benzene rings is 2. The van der Waals surface area contributed by atoms with Crippen LogP contribution in [0.3, 0.4) is 0 Å². The summed E-state index contributed by atoms with van der Waals surface area (Å²) in [6, 6.07) is 14.5. The lowest BCUT2D eigenvalue weighted by molar-refractivity contribution is 0.174. The predicted octanol–water partition coefficient (Wildman–Crippen LogP) is 2.90. The maximum absolute atomic E-state index is 12.9. The number of hydrogen-bond acceptors (Lipinski definition) is 5. The zero-order chi connectivity index (χ0) is 18.0. The molecule has 7 heteroatoms. The molecule has 4 rings (SSSR count). The van der Waals surface area contributed by atoms with Crippen LogP contribution in [0.4, 0.5) is 0 Å². The quantitative estimate of drug-likeness (QED) is 0.804. The minimum absolute atomic E-state index is 0.131. The molecule has 0 spiro atoms. The molecule has 0 atom stereocenters. The van der Waals surface area contributed by atoms with Gasteiger partial charge in [0, 0.05) is 19.2 Å². The van der Waals surface area contributed by atoms with Crippen molar-refractivity contribution in [3.63, 3.8) is 0 Å². The van der Waals surface area contributed by atoms with E-state index in [4.69, 9.17) is 14.2 Å². The minimum atomic E-state index is -3.52. The molecule has 2 aliphatic heterocycles. The maximum atomic E-state index is 12.9. The van der Waals surface area contributed by atoms with Crippen molar-refractivity contribution in [3.8, 4) is 17.2 Å². The molecule has 0 saturated carbocycles. The third kappa shape index (κ3) is 3.50. The van der Waals surface area contributed by atoms with Crippen LogP contribution in [0, 0.1) is 5.92 Å². The Morgan fingerprint density at radius 3 is 2.50 bits per heavy atom. The fourth-order valence-electron chi connectivity index (χ4n) is 3.23. The summed E-state index contributed by atoms with van der Waals surface area (Å²) in [7, 11) is -3.52. The molecule has 2 aromatic rings. The van der Waals surface area contributed by atoms with Gasteiger partial charge in [-0.15, -0.1) is 0 Å². The van der Waals surface area contributed by atoms with Crippen LogP contribution in [0.15, 0.2) is 53.4 Å². The number of ether oxygens (including phenoxy) is 3. The standard InChI is InChI=1S/C19H21NO5S/c21-26(22,17-6-7-18-19(12-17)25-14-24-18)20-10-8-15(9-11-20)13-23-16-4-2-1-3-5-16/h1-7,12,15H,8-11,13-14H2. The SMILES string of the molecule is O=S(=O)(c1ccc2c(c1)OCO2)N1CCC(COc2ccccc2)CC1. The van der Waals surface area contributed by atoms with Crippen LogP contribution < -0.4 is 14.2 Å². The maximum Gasteiger partial charge on any atom is 0.243 e. The number of para-hydroxylation sites is 1. The topological polar surface area (TPSA) is 65.1 Å². The van der Waals surface area contributed by atoms with Gasteiger partial charge in [-0.3, -0.25) is 0 Å². The molecule has 26 heavy (non-hydrogen) atoms. The lowest BCUT2D eigenvalue weighted by Gasteiger charge is -2.31. The predicted molar refractivity (Wildman–Crippen MR) is 96.0 cm³/mol. The van der Waals surface area contributed by atoms with Gasteiger partial charge in [0.25, 0.3) is 0 Å². The average Bonchev–Trinajstić information content (AvgIpc) is 3.15. The van der Waals surface area contributed by atoms with Crippen molar-refractivity contribution in [3.05, 3.63) is 48.5 Å². The van der Waals surface area contributed by atoms with E-state index < -0.39 is 10.0 Å². The highest BCUT2D eigenvalue weighted by Gasteiger charge is 2.30. The van der Waals surface area contributed by atoms with E-state index in [1.165, 1.54) is 0 Å². The molecule has 0 N–H and O–H groups in total. The summed E-state index contributed by atoms with van der Waals surface area (Å²) in [5.74, 6) is 2.28. The molecule has 0 bridgehead atoms. The highest BCUT2D eigenvalue weighted by molar-refractivity contribution is 7.89. The Kier molecular flexibility index (Phi) is 4.74. The summed E-state index contributed by atoms with van der Waals surface area (Å²) in [5.41, 5.74) is 0. The van der Waals surface area contributed by atoms with Gasteiger partial charge in [-0.2, -0.15) is 4.31 Å². The fraction of sp³-hybridized carbons (Fsp3) is 0.368. The molecule has 0 aromatic heterocycles. The van der Waals surface area contributed by atoms with Crippen molar-refractivity contribution >= 4 is 10.0 Å². The lowest BCUT2D eigenvalue weighted by atomic mass is 9.99. The molecule has 0 radical (unpaired) electrons. The van der Waals surface area contributed by atoms with Crippen molar-refractivity contribution in [2.75, 3.05) is 26.5 Å². The van der Waals surface area contributed by atoms with E-state index >= 15 is 0 Å². The van der Waals surface area contributed by atoms with Gasteiger partial charge in [-0.1, -0.05) is 18.2 Å². The van der Waals surface area contributed by atoms with Crippen LogP contribution in [0.25, 0.3) is 0 Å². The van der Waals surface area contributed by atoms with Crippen LogP contribution in [-0.4, -0.2) is 39.2 Å². The van der Waals surface area contributed by atoms with E-state index in [0.29, 0.717) is 37.1 Å². The molecule has 0 amide bonds. The number of fused-ring (bicyclic) bond motifs is 1. The largest absolute Gasteiger partial charge is 0.493 e. The van der Waals surface area contributed by atoms with Crippen molar-refractivity contribution in [2.24, 2.45) is 5.92 Å². The smallest absolute Gasteiger partial charge is 0.243 e. The van der Waals surface area contributed by atoms with Gasteiger partial charge in [0.15, 0.2) is 11.5 Å². The highest BCUT2D eigenvalue weighted by atomic mass is 32.2. The van der Waals surface area contributed by atoms with Crippen molar-refractivity contribution < 1.29 is 22.6 Å². The Bertz CT molecular complexity index is 861. The van der Waals surface area contributed by atoms with E-state index in [9.17, 15) is 8.42 Å². The second kappa shape index (κ2) is 7.17. The third-order valence-electron chi connectivity index (χ3n) is 4.78. The zero-order valence-corrected chi connectivity index (χ0v) is 15.2. The molecule has 2 aliphatic rings. The van der Waals surface area contributed by atoms with E-state index in [2.05, 4.69) is 0 Å². The number of rotatable bonds is 5. The Morgan fingerprint density at radius 2 is 1.73 bits per heavy atom. The Morgan fingerprint density at radius 1 is 1.00 bits per heavy atom. The molecule has 2 aromatic carbocycles. The van der Waals surface area contributed by atoms with Crippen LogP contribution >= 0.6 is 0 Å². The zero-order valence-electron chi connectivity index (χ0n) is 14.3. The first kappa shape index (κ1) is 17.2. The lowest BCUT2D eigenvalue weighted by Crippen LogP contribution is -2.39. The Labute approximate surface area is 153 Å². The Balaban J connectivity index is 1.36. The first-order valence-electron chi connectivity index (χ1n) is 8.70. The van der Waals surface area contributed by atoms with E-state index in [1.54, 1.807) is 22.5 Å². The first-order valence-corrected chi connectivity index (χ1v) is 10.1. The second-order valence-electron chi connectivity index (χ2n) is 6.49. The van der Waals surface area contributed by atoms with Crippen molar-refractivity contribution in [1.82, 2.24) is 4.31 Å². The van der Waals surface area contributed by atoms with Crippen LogP contribution in [0.1, 0.15) is 12.8 Å². The van der Waals surface area contributed by atoms with Gasteiger partial charge in [0.05, 0.1) is 11.5 Å². The van der Waals surface area contributed by atoms with E-state index in [-0.39, 0.29) is 11.7 Å². The molecule has 138 valence electrons. The van der Waals surface area contributed by atoms with Gasteiger partial charge in [-0.25, -0.2) is 8.42 Å². The summed E-state index contributed by atoms with van der Waals surface area (Å²) < 4.78 is 43.6. The Hall–Kier alpha value is -2.25. The molecule has 1 saturated heterocycles. The van der Waals surface area contributed by atoms with E-state index in [0.717, 1.165) is 18.6 Å². The van der Waals surface area contributed by atoms with E-state index in [1.807, 2.05) is 30.3 Å². The van der Waals surface area contributed by atoms with Crippen LogP contribution in [0.2, 0.25) is 0 Å². The molecule has 2 heterocycles. The summed E-state index contributed by atoms with van der Waals surface area (Å²) in [4.78, 5) is 0.251. The molecular weight excluding hydrogens is 354 g/mol. The normalized spacial score (nSPS) is 18.0. The molecule has 0 unspecified atom stereocenters. The summed E-state index contributed by atoms with van der Waals surface area (Å²) in [6.45, 7) is 1.74. The van der Waals surface area contributed by atoms with Crippen molar-refractivity contribution in [2.45, 2.75) is 17.7 Å². The number of sulfonamides is 1. The van der Waals surface area contributed by atoms with Gasteiger partial charge in [-0.05, 0) is 43.0 Å². The summed E-state index contributed by atoms with van der Waals surface area (Å²) in [5, 5.41) is 0. The number of nitrogens with zero attached hydrogens (tertiary/aromatic N) is 1. The molecule has 0 aliphatic carbocycles. The third-order valence-corrected chi connectivity index (χ3v) is 6.68. The monoisotopic (exact) mass is 375 g/mol. The minimum Gasteiger partial charge on any atom is -0.493 e. The van der Waals surface area contributed by atoms with Gasteiger partial charge in [0.1, 0.15) is 5.75 Å². The van der Waals surface area contributed by atoms with Crippen LogP contribution in [0.5, 0.6) is 17.2 Å². The summed E-state index contributed by atoms with van der Waals surface area (Å²) in [6.07, 6.45) is 1.58.